The largest absolute Gasteiger partial charge is 0.611 e. The van der Waals surface area contributed by atoms with Crippen molar-refractivity contribution in [3.63, 3.8) is 0 Å². The average Bonchev–Trinajstić information content (AvgIpc) is 2.54. The van der Waals surface area contributed by atoms with Crippen molar-refractivity contribution in [2.45, 2.75) is 25.2 Å². The van der Waals surface area contributed by atoms with Crippen LogP contribution in [0, 0.1) is 6.92 Å². The maximum atomic E-state index is 12.3. The molecule has 2 rings (SSSR count). The molecule has 1 N–H and O–H groups in total. The Kier molecular flexibility index (Phi) is 6.54. The Morgan fingerprint density at radius 1 is 1.25 bits per heavy atom. The lowest BCUT2D eigenvalue weighted by molar-refractivity contribution is -0.139. The van der Waals surface area contributed by atoms with Crippen LogP contribution in [0.2, 0.25) is 5.02 Å². The molecular weight excluding hydrogens is 348 g/mol. The number of ether oxygens (including phenoxy) is 1. The second-order valence-corrected chi connectivity index (χ2v) is 7.36. The first-order chi connectivity index (χ1) is 11.4. The summed E-state index contributed by atoms with van der Waals surface area (Å²) in [5, 5.41) is 9.35. The molecule has 0 heterocycles. The fourth-order valence-electron chi connectivity index (χ4n) is 2.31. The summed E-state index contributed by atoms with van der Waals surface area (Å²) in [6.07, 6.45) is 0.833. The van der Waals surface area contributed by atoms with Crippen molar-refractivity contribution in [2.75, 3.05) is 12.4 Å². The van der Waals surface area contributed by atoms with Gasteiger partial charge in [-0.15, -0.1) is 0 Å². The molecule has 1 atom stereocenters. The highest BCUT2D eigenvalue weighted by atomic mass is 35.5. The van der Waals surface area contributed by atoms with Gasteiger partial charge >= 0.3 is 5.97 Å². The number of carboxylic acid groups (broad SMARTS) is 1. The van der Waals surface area contributed by atoms with E-state index in [2.05, 4.69) is 0 Å². The van der Waals surface area contributed by atoms with Crippen molar-refractivity contribution in [2.24, 2.45) is 0 Å². The van der Waals surface area contributed by atoms with E-state index < -0.39 is 23.8 Å². The van der Waals surface area contributed by atoms with Crippen molar-refractivity contribution in [3.05, 3.63) is 47.0 Å². The monoisotopic (exact) mass is 366 g/mol. The van der Waals surface area contributed by atoms with Crippen molar-refractivity contribution in [3.8, 4) is 16.9 Å². The normalized spacial score (nSPS) is 12.0. The van der Waals surface area contributed by atoms with Gasteiger partial charge in [0.25, 0.3) is 0 Å². The number of halogens is 1. The molecule has 2 aromatic carbocycles. The molecule has 0 saturated heterocycles. The molecular formula is C18H19ClO4S. The van der Waals surface area contributed by atoms with Crippen LogP contribution in [0.1, 0.15) is 18.9 Å². The molecule has 1 unspecified atom stereocenters. The Balaban J connectivity index is 2.48. The Morgan fingerprint density at radius 2 is 2.00 bits per heavy atom. The molecule has 6 heteroatoms. The first-order valence-electron chi connectivity index (χ1n) is 7.56. The van der Waals surface area contributed by atoms with Gasteiger partial charge in [0, 0.05) is 16.7 Å². The summed E-state index contributed by atoms with van der Waals surface area (Å²) in [5.74, 6) is -0.0193. The number of carboxylic acids is 1. The van der Waals surface area contributed by atoms with Crippen LogP contribution in [0.3, 0.4) is 0 Å². The van der Waals surface area contributed by atoms with Crippen LogP contribution in [0.4, 0.5) is 0 Å². The fraction of sp³-hybridized carbons (Fsp3) is 0.278. The molecule has 4 nitrogen and oxygen atoms in total. The van der Waals surface area contributed by atoms with Crippen LogP contribution in [-0.2, 0) is 16.0 Å². The predicted molar refractivity (Wildman–Crippen MR) is 96.3 cm³/mol. The zero-order chi connectivity index (χ0) is 17.7. The maximum Gasteiger partial charge on any atom is 0.341 e. The lowest BCUT2D eigenvalue weighted by atomic mass is 10.00. The van der Waals surface area contributed by atoms with Gasteiger partial charge in [0.05, 0.1) is 0 Å². The number of aliphatic carboxylic acids is 1. The van der Waals surface area contributed by atoms with Crippen LogP contribution in [0.5, 0.6) is 5.75 Å². The number of carbonyl (C=O) groups is 1. The van der Waals surface area contributed by atoms with Gasteiger partial charge in [-0.3, -0.25) is 0 Å². The van der Waals surface area contributed by atoms with E-state index in [0.29, 0.717) is 22.1 Å². The lowest BCUT2D eigenvalue weighted by Crippen LogP contribution is -2.10. The van der Waals surface area contributed by atoms with Crippen LogP contribution in [0.15, 0.2) is 41.3 Å². The number of aryl methyl sites for hydroxylation is 1. The molecule has 24 heavy (non-hydrogen) atoms. The third-order valence-corrected chi connectivity index (χ3v) is 5.24. The molecule has 0 aromatic heterocycles. The fourth-order valence-corrected chi connectivity index (χ4v) is 3.56. The highest BCUT2D eigenvalue weighted by molar-refractivity contribution is 7.91. The van der Waals surface area contributed by atoms with Gasteiger partial charge in [0.15, 0.2) is 11.5 Å². The summed E-state index contributed by atoms with van der Waals surface area (Å²) in [6.45, 7) is 3.49. The SMILES string of the molecule is CCC[S+]([O-])c1ccc(C)c(-c2cc(Cl)ccc2OCC(=O)O)c1. The topological polar surface area (TPSA) is 69.6 Å². The van der Waals surface area contributed by atoms with E-state index in [4.69, 9.17) is 21.4 Å². The Morgan fingerprint density at radius 3 is 2.67 bits per heavy atom. The molecule has 0 saturated carbocycles. The van der Waals surface area contributed by atoms with Gasteiger partial charge in [-0.25, -0.2) is 4.79 Å². The van der Waals surface area contributed by atoms with Crippen molar-refractivity contribution in [1.82, 2.24) is 0 Å². The van der Waals surface area contributed by atoms with Crippen LogP contribution in [-0.4, -0.2) is 28.0 Å². The van der Waals surface area contributed by atoms with E-state index >= 15 is 0 Å². The predicted octanol–water partition coefficient (Wildman–Crippen LogP) is 4.30. The first-order valence-corrected chi connectivity index (χ1v) is 9.25. The summed E-state index contributed by atoms with van der Waals surface area (Å²) in [5.41, 5.74) is 2.49. The summed E-state index contributed by atoms with van der Waals surface area (Å²) in [4.78, 5) is 11.5. The quantitative estimate of drug-likeness (QED) is 0.742. The van der Waals surface area contributed by atoms with Gasteiger partial charge in [-0.2, -0.15) is 0 Å². The minimum atomic E-state index is -1.07. The van der Waals surface area contributed by atoms with Gasteiger partial charge in [0.2, 0.25) is 0 Å². The summed E-state index contributed by atoms with van der Waals surface area (Å²) in [7, 11) is 0. The summed E-state index contributed by atoms with van der Waals surface area (Å²) < 4.78 is 17.7. The first kappa shape index (κ1) is 18.6. The lowest BCUT2D eigenvalue weighted by Gasteiger charge is -2.15. The molecule has 0 aliphatic rings. The van der Waals surface area contributed by atoms with E-state index in [1.807, 2.05) is 32.0 Å². The van der Waals surface area contributed by atoms with E-state index in [9.17, 15) is 9.35 Å². The second-order valence-electron chi connectivity index (χ2n) is 5.35. The zero-order valence-corrected chi connectivity index (χ0v) is 15.1. The summed E-state index contributed by atoms with van der Waals surface area (Å²) >= 11 is 5.04. The molecule has 0 aliphatic carbocycles. The van der Waals surface area contributed by atoms with Gasteiger partial charge in [-0.05, 0) is 59.9 Å². The highest BCUT2D eigenvalue weighted by Gasteiger charge is 2.16. The van der Waals surface area contributed by atoms with Crippen LogP contribution in [0.25, 0.3) is 11.1 Å². The Bertz CT molecular complexity index is 733. The summed E-state index contributed by atoms with van der Waals surface area (Å²) in [6, 6.07) is 10.6. The Labute approximate surface area is 149 Å². The Hall–Kier alpha value is -1.69. The van der Waals surface area contributed by atoms with Gasteiger partial charge in [-0.1, -0.05) is 24.6 Å². The smallest absolute Gasteiger partial charge is 0.341 e. The van der Waals surface area contributed by atoms with Crippen LogP contribution >= 0.6 is 11.6 Å². The molecule has 0 aliphatic heterocycles. The minimum absolute atomic E-state index is 0.434. The number of benzene rings is 2. The molecule has 128 valence electrons. The minimum Gasteiger partial charge on any atom is -0.611 e. The van der Waals surface area contributed by atoms with E-state index in [-0.39, 0.29) is 0 Å². The molecule has 0 fully saturated rings. The molecule has 0 radical (unpaired) electrons. The van der Waals surface area contributed by atoms with Crippen molar-refractivity contribution < 1.29 is 19.2 Å². The number of hydrogen-bond acceptors (Lipinski definition) is 3. The molecule has 0 bridgehead atoms. The van der Waals surface area contributed by atoms with E-state index in [1.165, 1.54) is 0 Å². The third-order valence-electron chi connectivity index (χ3n) is 3.44. The van der Waals surface area contributed by atoms with Gasteiger partial charge in [0.1, 0.15) is 11.5 Å². The van der Waals surface area contributed by atoms with E-state index in [0.717, 1.165) is 22.4 Å². The zero-order valence-electron chi connectivity index (χ0n) is 13.5. The average molecular weight is 367 g/mol. The second kappa shape index (κ2) is 8.42. The van der Waals surface area contributed by atoms with Crippen molar-refractivity contribution in [1.29, 1.82) is 0 Å². The van der Waals surface area contributed by atoms with E-state index in [1.54, 1.807) is 18.2 Å². The van der Waals surface area contributed by atoms with Crippen LogP contribution < -0.4 is 4.74 Å². The molecule has 2 aromatic rings. The maximum absolute atomic E-state index is 12.3. The molecule has 0 spiro atoms. The van der Waals surface area contributed by atoms with Crippen molar-refractivity contribution >= 4 is 28.7 Å². The van der Waals surface area contributed by atoms with Gasteiger partial charge < -0.3 is 14.4 Å². The highest BCUT2D eigenvalue weighted by Crippen LogP contribution is 2.36. The number of hydrogen-bond donors (Lipinski definition) is 1. The standard InChI is InChI=1S/C18H19ClO4S/c1-3-8-24(22)14-6-4-12(2)15(10-14)16-9-13(19)5-7-17(16)23-11-18(20)21/h4-7,9-10H,3,8,11H2,1-2H3,(H,20,21). The third kappa shape index (κ3) is 4.66. The number of rotatable bonds is 7. The molecule has 0 amide bonds.